The molecule has 1 fully saturated rings. The van der Waals surface area contributed by atoms with Crippen molar-refractivity contribution in [2.24, 2.45) is 0 Å². The fourth-order valence-corrected chi connectivity index (χ4v) is 3.62. The fourth-order valence-electron chi connectivity index (χ4n) is 3.62. The Hall–Kier alpha value is -3.08. The number of hydrogen-bond acceptors (Lipinski definition) is 4. The molecule has 0 unspecified atom stereocenters. The third-order valence-corrected chi connectivity index (χ3v) is 5.25. The summed E-state index contributed by atoms with van der Waals surface area (Å²) in [5, 5.41) is 4.34. The number of hydrogen-bond donors (Lipinski definition) is 1. The van der Waals surface area contributed by atoms with Crippen molar-refractivity contribution in [2.45, 2.75) is 33.2 Å². The molecule has 2 heterocycles. The zero-order valence-corrected chi connectivity index (χ0v) is 15.5. The van der Waals surface area contributed by atoms with Crippen molar-refractivity contribution < 1.29 is 9.21 Å². The smallest absolute Gasteiger partial charge is 0.336 e. The first-order valence-corrected chi connectivity index (χ1v) is 9.21. The number of nitrogens with zero attached hydrogens (tertiary/aromatic N) is 1. The molecule has 1 aliphatic rings. The molecule has 1 aliphatic heterocycles. The molecular weight excluding hydrogens is 340 g/mol. The molecule has 3 aromatic rings. The van der Waals surface area contributed by atoms with E-state index in [0.29, 0.717) is 18.5 Å². The second-order valence-electron chi connectivity index (χ2n) is 6.99. The predicted molar refractivity (Wildman–Crippen MR) is 107 cm³/mol. The first-order valence-electron chi connectivity index (χ1n) is 9.21. The molecule has 1 N–H and O–H groups in total. The first kappa shape index (κ1) is 17.3. The standard InChI is InChI=1S/C22H22N2O3/c1-14-9-10-17-16(12-21(26)27-22(17)15(14)2)13-23-18-6-3-4-7-19(18)24-11-5-8-20(24)25/h3-4,6-7,9-10,12,23H,5,8,11,13H2,1-2H3. The molecule has 0 spiro atoms. The highest BCUT2D eigenvalue weighted by Crippen LogP contribution is 2.30. The van der Waals surface area contributed by atoms with Crippen LogP contribution in [0.25, 0.3) is 11.0 Å². The van der Waals surface area contributed by atoms with E-state index < -0.39 is 0 Å². The Bertz CT molecular complexity index is 1080. The van der Waals surface area contributed by atoms with Crippen LogP contribution in [0.3, 0.4) is 0 Å². The maximum absolute atomic E-state index is 12.1. The van der Waals surface area contributed by atoms with E-state index in [9.17, 15) is 9.59 Å². The molecule has 4 rings (SSSR count). The van der Waals surface area contributed by atoms with Crippen LogP contribution in [-0.4, -0.2) is 12.5 Å². The molecule has 1 aromatic heterocycles. The van der Waals surface area contributed by atoms with Gasteiger partial charge in [-0.05, 0) is 49.1 Å². The van der Waals surface area contributed by atoms with Gasteiger partial charge in [0.1, 0.15) is 5.58 Å². The minimum atomic E-state index is -0.351. The van der Waals surface area contributed by atoms with Gasteiger partial charge < -0.3 is 14.6 Å². The summed E-state index contributed by atoms with van der Waals surface area (Å²) >= 11 is 0. The SMILES string of the molecule is Cc1ccc2c(CNc3ccccc3N3CCCC3=O)cc(=O)oc2c1C. The van der Waals surface area contributed by atoms with Gasteiger partial charge in [0.25, 0.3) is 0 Å². The quantitative estimate of drug-likeness (QED) is 0.708. The van der Waals surface area contributed by atoms with Crippen molar-refractivity contribution in [1.82, 2.24) is 0 Å². The van der Waals surface area contributed by atoms with Crippen LogP contribution >= 0.6 is 0 Å². The van der Waals surface area contributed by atoms with Gasteiger partial charge in [0.2, 0.25) is 5.91 Å². The molecule has 1 saturated heterocycles. The van der Waals surface area contributed by atoms with Gasteiger partial charge in [-0.25, -0.2) is 4.79 Å². The second kappa shape index (κ2) is 6.91. The Labute approximate surface area is 157 Å². The maximum Gasteiger partial charge on any atom is 0.336 e. The average Bonchev–Trinajstić information content (AvgIpc) is 3.09. The number of amides is 1. The van der Waals surface area contributed by atoms with Gasteiger partial charge in [0.15, 0.2) is 0 Å². The van der Waals surface area contributed by atoms with Gasteiger partial charge in [-0.15, -0.1) is 0 Å². The van der Waals surface area contributed by atoms with Crippen molar-refractivity contribution in [3.8, 4) is 0 Å². The molecule has 27 heavy (non-hydrogen) atoms. The minimum Gasteiger partial charge on any atom is -0.422 e. The topological polar surface area (TPSA) is 62.6 Å². The minimum absolute atomic E-state index is 0.154. The van der Waals surface area contributed by atoms with E-state index in [4.69, 9.17) is 4.42 Å². The van der Waals surface area contributed by atoms with Crippen LogP contribution in [0.4, 0.5) is 11.4 Å². The number of aryl methyl sites for hydroxylation is 2. The Kier molecular flexibility index (Phi) is 4.44. The second-order valence-corrected chi connectivity index (χ2v) is 6.99. The van der Waals surface area contributed by atoms with Gasteiger partial charge >= 0.3 is 5.63 Å². The largest absolute Gasteiger partial charge is 0.422 e. The molecule has 5 nitrogen and oxygen atoms in total. The van der Waals surface area contributed by atoms with E-state index in [1.165, 1.54) is 6.07 Å². The monoisotopic (exact) mass is 362 g/mol. The van der Waals surface area contributed by atoms with Crippen LogP contribution in [0, 0.1) is 13.8 Å². The van der Waals surface area contributed by atoms with Crippen molar-refractivity contribution in [3.05, 3.63) is 69.6 Å². The lowest BCUT2D eigenvalue weighted by molar-refractivity contribution is -0.117. The van der Waals surface area contributed by atoms with E-state index in [1.807, 2.05) is 55.1 Å². The Morgan fingerprint density at radius 3 is 2.70 bits per heavy atom. The van der Waals surface area contributed by atoms with Crippen molar-refractivity contribution >= 4 is 28.3 Å². The lowest BCUT2D eigenvalue weighted by Crippen LogP contribution is -2.24. The van der Waals surface area contributed by atoms with Crippen molar-refractivity contribution in [1.29, 1.82) is 0 Å². The summed E-state index contributed by atoms with van der Waals surface area (Å²) < 4.78 is 5.45. The molecule has 0 bridgehead atoms. The van der Waals surface area contributed by atoms with Crippen LogP contribution in [-0.2, 0) is 11.3 Å². The van der Waals surface area contributed by atoms with Gasteiger partial charge in [-0.1, -0.05) is 24.3 Å². The maximum atomic E-state index is 12.1. The highest BCUT2D eigenvalue weighted by molar-refractivity contribution is 5.98. The average molecular weight is 362 g/mol. The van der Waals surface area contributed by atoms with Gasteiger partial charge in [0.05, 0.1) is 11.4 Å². The Morgan fingerprint density at radius 1 is 1.11 bits per heavy atom. The summed E-state index contributed by atoms with van der Waals surface area (Å²) in [5.74, 6) is 0.154. The number of fused-ring (bicyclic) bond motifs is 1. The van der Waals surface area contributed by atoms with Gasteiger partial charge in [0, 0.05) is 31.0 Å². The van der Waals surface area contributed by atoms with E-state index in [1.54, 1.807) is 0 Å². The van der Waals surface area contributed by atoms with Crippen LogP contribution in [0.15, 0.2) is 51.7 Å². The van der Waals surface area contributed by atoms with E-state index >= 15 is 0 Å². The molecule has 0 aliphatic carbocycles. The number of anilines is 2. The highest BCUT2D eigenvalue weighted by Gasteiger charge is 2.23. The van der Waals surface area contributed by atoms with Crippen LogP contribution in [0.1, 0.15) is 29.5 Å². The lowest BCUT2D eigenvalue weighted by atomic mass is 10.0. The highest BCUT2D eigenvalue weighted by atomic mass is 16.4. The van der Waals surface area contributed by atoms with Crippen molar-refractivity contribution in [2.75, 3.05) is 16.8 Å². The fraction of sp³-hybridized carbons (Fsp3) is 0.273. The zero-order chi connectivity index (χ0) is 19.0. The molecule has 0 saturated carbocycles. The summed E-state index contributed by atoms with van der Waals surface area (Å²) in [6.07, 6.45) is 1.48. The summed E-state index contributed by atoms with van der Waals surface area (Å²) in [5.41, 5.74) is 5.02. The zero-order valence-electron chi connectivity index (χ0n) is 15.5. The number of carbonyl (C=O) groups excluding carboxylic acids is 1. The number of benzene rings is 2. The number of para-hydroxylation sites is 2. The van der Waals surface area contributed by atoms with E-state index in [0.717, 1.165) is 46.4 Å². The van der Waals surface area contributed by atoms with Crippen LogP contribution in [0.5, 0.6) is 0 Å². The third-order valence-electron chi connectivity index (χ3n) is 5.25. The number of nitrogens with one attached hydrogen (secondary N) is 1. The summed E-state index contributed by atoms with van der Waals surface area (Å²) in [6, 6.07) is 13.4. The predicted octanol–water partition coefficient (Wildman–Crippen LogP) is 4.15. The van der Waals surface area contributed by atoms with Gasteiger partial charge in [-0.2, -0.15) is 0 Å². The molecule has 0 atom stereocenters. The summed E-state index contributed by atoms with van der Waals surface area (Å²) in [6.45, 7) is 5.19. The molecule has 138 valence electrons. The summed E-state index contributed by atoms with van der Waals surface area (Å²) in [7, 11) is 0. The van der Waals surface area contributed by atoms with Crippen molar-refractivity contribution in [3.63, 3.8) is 0 Å². The molecule has 5 heteroatoms. The van der Waals surface area contributed by atoms with Gasteiger partial charge in [-0.3, -0.25) is 4.79 Å². The Balaban J connectivity index is 1.68. The van der Waals surface area contributed by atoms with Crippen LogP contribution < -0.4 is 15.8 Å². The third kappa shape index (κ3) is 3.21. The normalized spacial score (nSPS) is 14.1. The van der Waals surface area contributed by atoms with E-state index in [2.05, 4.69) is 5.32 Å². The summed E-state index contributed by atoms with van der Waals surface area (Å²) in [4.78, 5) is 26.0. The Morgan fingerprint density at radius 2 is 1.93 bits per heavy atom. The lowest BCUT2D eigenvalue weighted by Gasteiger charge is -2.20. The molecule has 1 amide bonds. The molecular formula is C22H22N2O3. The van der Waals surface area contributed by atoms with E-state index in [-0.39, 0.29) is 11.5 Å². The van der Waals surface area contributed by atoms with Crippen LogP contribution in [0.2, 0.25) is 0 Å². The molecule has 2 aromatic carbocycles. The number of rotatable bonds is 4. The number of carbonyl (C=O) groups is 1. The molecule has 0 radical (unpaired) electrons. The first-order chi connectivity index (χ1) is 13.0.